The van der Waals surface area contributed by atoms with Crippen molar-refractivity contribution in [2.24, 2.45) is 0 Å². The molecule has 5 heteroatoms. The number of aromatic carboxylic acids is 1. The van der Waals surface area contributed by atoms with Crippen molar-refractivity contribution in [2.45, 2.75) is 6.92 Å². The van der Waals surface area contributed by atoms with Gasteiger partial charge in [0.25, 0.3) is 0 Å². The summed E-state index contributed by atoms with van der Waals surface area (Å²) in [6.07, 6.45) is 1.24. The summed E-state index contributed by atoms with van der Waals surface area (Å²) in [5.74, 6) is -1.59. The Kier molecular flexibility index (Phi) is 2.63. The van der Waals surface area contributed by atoms with Crippen molar-refractivity contribution in [3.63, 3.8) is 0 Å². The van der Waals surface area contributed by atoms with E-state index in [1.165, 1.54) is 6.20 Å². The van der Waals surface area contributed by atoms with E-state index < -0.39 is 11.8 Å². The molecule has 2 aromatic rings. The number of benzene rings is 1. The molecule has 0 aliphatic carbocycles. The van der Waals surface area contributed by atoms with E-state index in [1.54, 1.807) is 19.1 Å². The van der Waals surface area contributed by atoms with Crippen LogP contribution in [0.15, 0.2) is 22.8 Å². The molecular weight excluding hydrogens is 277 g/mol. The van der Waals surface area contributed by atoms with Crippen molar-refractivity contribution >= 4 is 32.8 Å². The number of fused-ring (bicyclic) bond motifs is 1. The number of carboxylic acids is 1. The summed E-state index contributed by atoms with van der Waals surface area (Å²) < 4.78 is 14.1. The minimum absolute atomic E-state index is 0.0181. The lowest BCUT2D eigenvalue weighted by molar-refractivity contribution is 0.0696. The van der Waals surface area contributed by atoms with Crippen molar-refractivity contribution in [2.75, 3.05) is 0 Å². The Morgan fingerprint density at radius 1 is 1.50 bits per heavy atom. The molecule has 1 aromatic heterocycles. The van der Waals surface area contributed by atoms with Crippen LogP contribution >= 0.6 is 15.9 Å². The summed E-state index contributed by atoms with van der Waals surface area (Å²) in [5, 5.41) is 9.16. The number of aromatic nitrogens is 1. The zero-order valence-corrected chi connectivity index (χ0v) is 9.88. The Bertz CT molecular complexity index is 598. The van der Waals surface area contributed by atoms with Gasteiger partial charge in [0.1, 0.15) is 5.82 Å². The van der Waals surface area contributed by atoms with Crippen LogP contribution in [-0.2, 0) is 0 Å². The highest BCUT2D eigenvalue weighted by atomic mass is 79.9. The molecule has 1 heterocycles. The molecule has 0 bridgehead atoms. The molecule has 0 saturated heterocycles. The van der Waals surface area contributed by atoms with E-state index >= 15 is 0 Å². The topological polar surface area (TPSA) is 50.2 Å². The predicted molar refractivity (Wildman–Crippen MR) is 61.1 cm³/mol. The van der Waals surface area contributed by atoms with Gasteiger partial charge in [-0.1, -0.05) is 0 Å². The lowest BCUT2D eigenvalue weighted by Crippen LogP contribution is -2.02. The molecule has 0 atom stereocenters. The van der Waals surface area contributed by atoms with Gasteiger partial charge in [0.2, 0.25) is 0 Å². The van der Waals surface area contributed by atoms with Gasteiger partial charge in [0, 0.05) is 11.6 Å². The molecule has 0 amide bonds. The van der Waals surface area contributed by atoms with E-state index in [0.717, 1.165) is 0 Å². The van der Waals surface area contributed by atoms with Gasteiger partial charge in [-0.25, -0.2) is 9.18 Å². The summed E-state index contributed by atoms with van der Waals surface area (Å²) in [6.45, 7) is 1.57. The van der Waals surface area contributed by atoms with E-state index in [9.17, 15) is 9.18 Å². The van der Waals surface area contributed by atoms with Gasteiger partial charge in [-0.3, -0.25) is 4.98 Å². The van der Waals surface area contributed by atoms with Gasteiger partial charge in [0.05, 0.1) is 15.6 Å². The number of pyridine rings is 1. The quantitative estimate of drug-likeness (QED) is 0.875. The first-order valence-corrected chi connectivity index (χ1v) is 5.28. The number of halogens is 2. The second-order valence-electron chi connectivity index (χ2n) is 3.36. The van der Waals surface area contributed by atoms with Gasteiger partial charge in [0.15, 0.2) is 0 Å². The largest absolute Gasteiger partial charge is 0.478 e. The van der Waals surface area contributed by atoms with Crippen LogP contribution in [0.4, 0.5) is 4.39 Å². The van der Waals surface area contributed by atoms with Crippen molar-refractivity contribution in [3.05, 3.63) is 39.7 Å². The molecular formula is C11H7BrFNO2. The molecule has 1 aromatic carbocycles. The molecule has 0 unspecified atom stereocenters. The van der Waals surface area contributed by atoms with E-state index in [0.29, 0.717) is 15.6 Å². The van der Waals surface area contributed by atoms with Crippen molar-refractivity contribution in [1.29, 1.82) is 0 Å². The normalized spacial score (nSPS) is 10.7. The number of hydrogen-bond donors (Lipinski definition) is 1. The summed E-state index contributed by atoms with van der Waals surface area (Å²) in [6, 6.07) is 3.19. The number of rotatable bonds is 1. The van der Waals surface area contributed by atoms with E-state index in [2.05, 4.69) is 20.9 Å². The summed E-state index contributed by atoms with van der Waals surface area (Å²) in [7, 11) is 0. The van der Waals surface area contributed by atoms with Crippen LogP contribution in [-0.4, -0.2) is 16.1 Å². The SMILES string of the molecule is Cc1c(C(=O)O)cnc2ccc(Br)c(F)c12. The fourth-order valence-electron chi connectivity index (χ4n) is 1.59. The van der Waals surface area contributed by atoms with Crippen LogP contribution in [0.2, 0.25) is 0 Å². The molecule has 0 aliphatic heterocycles. The Hall–Kier alpha value is -1.49. The molecule has 0 spiro atoms. The highest BCUT2D eigenvalue weighted by molar-refractivity contribution is 9.10. The number of hydrogen-bond acceptors (Lipinski definition) is 2. The summed E-state index contributed by atoms with van der Waals surface area (Å²) >= 11 is 3.06. The van der Waals surface area contributed by atoms with Crippen molar-refractivity contribution < 1.29 is 14.3 Å². The Morgan fingerprint density at radius 2 is 2.19 bits per heavy atom. The number of nitrogens with zero attached hydrogens (tertiary/aromatic N) is 1. The van der Waals surface area contributed by atoms with Crippen LogP contribution < -0.4 is 0 Å². The molecule has 0 saturated carbocycles. The maximum Gasteiger partial charge on any atom is 0.337 e. The van der Waals surface area contributed by atoms with Crippen molar-refractivity contribution in [1.82, 2.24) is 4.98 Å². The minimum Gasteiger partial charge on any atom is -0.478 e. The third kappa shape index (κ3) is 1.57. The van der Waals surface area contributed by atoms with Crippen LogP contribution in [0.5, 0.6) is 0 Å². The van der Waals surface area contributed by atoms with Crippen LogP contribution in [0, 0.1) is 12.7 Å². The average Bonchev–Trinajstić information content (AvgIpc) is 2.23. The van der Waals surface area contributed by atoms with E-state index in [1.807, 2.05) is 0 Å². The first-order valence-electron chi connectivity index (χ1n) is 4.49. The molecule has 3 nitrogen and oxygen atoms in total. The number of carboxylic acid groups (broad SMARTS) is 1. The van der Waals surface area contributed by atoms with Gasteiger partial charge in [-0.15, -0.1) is 0 Å². The van der Waals surface area contributed by atoms with E-state index in [-0.39, 0.29) is 10.9 Å². The first-order chi connectivity index (χ1) is 7.52. The number of carbonyl (C=O) groups is 1. The first kappa shape index (κ1) is 11.0. The van der Waals surface area contributed by atoms with Crippen molar-refractivity contribution in [3.8, 4) is 0 Å². The van der Waals surface area contributed by atoms with Gasteiger partial charge >= 0.3 is 5.97 Å². The second-order valence-corrected chi connectivity index (χ2v) is 4.21. The highest BCUT2D eigenvalue weighted by Crippen LogP contribution is 2.27. The molecule has 0 aliphatic rings. The Morgan fingerprint density at radius 3 is 2.81 bits per heavy atom. The third-order valence-corrected chi connectivity index (χ3v) is 3.03. The second kappa shape index (κ2) is 3.83. The zero-order chi connectivity index (χ0) is 11.9. The molecule has 82 valence electrons. The molecule has 0 fully saturated rings. The Balaban J connectivity index is 2.92. The minimum atomic E-state index is -1.11. The van der Waals surface area contributed by atoms with Gasteiger partial charge in [-0.05, 0) is 40.5 Å². The maximum atomic E-state index is 13.8. The molecule has 2 rings (SSSR count). The van der Waals surface area contributed by atoms with Gasteiger partial charge in [-0.2, -0.15) is 0 Å². The maximum absolute atomic E-state index is 13.8. The van der Waals surface area contributed by atoms with Crippen LogP contribution in [0.1, 0.15) is 15.9 Å². The lowest BCUT2D eigenvalue weighted by Gasteiger charge is -2.07. The number of aryl methyl sites for hydroxylation is 1. The average molecular weight is 284 g/mol. The zero-order valence-electron chi connectivity index (χ0n) is 8.29. The molecule has 0 radical (unpaired) electrons. The lowest BCUT2D eigenvalue weighted by atomic mass is 10.0. The van der Waals surface area contributed by atoms with E-state index in [4.69, 9.17) is 5.11 Å². The predicted octanol–water partition coefficient (Wildman–Crippen LogP) is 3.14. The third-order valence-electron chi connectivity index (χ3n) is 2.41. The summed E-state index contributed by atoms with van der Waals surface area (Å²) in [5.41, 5.74) is 0.851. The summed E-state index contributed by atoms with van der Waals surface area (Å²) in [4.78, 5) is 14.8. The fourth-order valence-corrected chi connectivity index (χ4v) is 1.92. The smallest absolute Gasteiger partial charge is 0.337 e. The molecule has 16 heavy (non-hydrogen) atoms. The standard InChI is InChI=1S/C11H7BrFNO2/c1-5-6(11(15)16)4-14-8-3-2-7(12)10(13)9(5)8/h2-4H,1H3,(H,15,16). The Labute approximate surface area is 99.1 Å². The van der Waals surface area contributed by atoms with Gasteiger partial charge < -0.3 is 5.11 Å². The fraction of sp³-hybridized carbons (Fsp3) is 0.0909. The highest BCUT2D eigenvalue weighted by Gasteiger charge is 2.15. The molecule has 1 N–H and O–H groups in total. The monoisotopic (exact) mass is 283 g/mol. The van der Waals surface area contributed by atoms with Crippen LogP contribution in [0.3, 0.4) is 0 Å². The van der Waals surface area contributed by atoms with Crippen LogP contribution in [0.25, 0.3) is 10.9 Å².